The van der Waals surface area contributed by atoms with Crippen LogP contribution in [0, 0.1) is 11.8 Å². The Morgan fingerprint density at radius 1 is 1.33 bits per heavy atom. The van der Waals surface area contributed by atoms with E-state index in [0.717, 1.165) is 26.2 Å². The largest absolute Gasteiger partial charge is 0.470 e. The van der Waals surface area contributed by atoms with Crippen molar-refractivity contribution in [3.63, 3.8) is 0 Å². The first kappa shape index (κ1) is 17.2. The van der Waals surface area contributed by atoms with Gasteiger partial charge in [0.2, 0.25) is 0 Å². The van der Waals surface area contributed by atoms with Crippen LogP contribution in [0.15, 0.2) is 27.8 Å². The maximum absolute atomic E-state index is 13.2. The summed E-state index contributed by atoms with van der Waals surface area (Å²) < 4.78 is 13.6. The average molecular weight is 368 g/mol. The second-order valence-corrected chi connectivity index (χ2v) is 6.06. The van der Waals surface area contributed by atoms with Crippen molar-refractivity contribution < 1.29 is 9.15 Å². The number of anilines is 1. The van der Waals surface area contributed by atoms with Crippen LogP contribution in [-0.4, -0.2) is 52.4 Å². The van der Waals surface area contributed by atoms with E-state index in [0.29, 0.717) is 22.7 Å². The van der Waals surface area contributed by atoms with Gasteiger partial charge in [-0.25, -0.2) is 9.36 Å². The second kappa shape index (κ2) is 7.17. The third-order valence-electron chi connectivity index (χ3n) is 4.51. The van der Waals surface area contributed by atoms with E-state index in [1.54, 1.807) is 17.6 Å². The van der Waals surface area contributed by atoms with Gasteiger partial charge >= 0.3 is 11.7 Å². The fraction of sp³-hybridized carbons (Fsp3) is 0.389. The quantitative estimate of drug-likeness (QED) is 0.675. The highest BCUT2D eigenvalue weighted by atomic mass is 16.5. The highest BCUT2D eigenvalue weighted by Crippen LogP contribution is 2.27. The number of fused-ring (bicyclic) bond motifs is 1. The third-order valence-corrected chi connectivity index (χ3v) is 4.51. The summed E-state index contributed by atoms with van der Waals surface area (Å²) in [5.74, 6) is 6.50. The maximum atomic E-state index is 13.2. The number of methoxy groups -OCH3 is 1. The molecular weight excluding hydrogens is 348 g/mol. The van der Waals surface area contributed by atoms with Gasteiger partial charge in [-0.2, -0.15) is 9.97 Å². The van der Waals surface area contributed by atoms with Crippen LogP contribution in [0.4, 0.5) is 5.82 Å². The minimum Gasteiger partial charge on any atom is -0.470 e. The van der Waals surface area contributed by atoms with Crippen molar-refractivity contribution in [1.82, 2.24) is 24.4 Å². The Morgan fingerprint density at radius 2 is 2.15 bits per heavy atom. The van der Waals surface area contributed by atoms with Crippen molar-refractivity contribution in [2.24, 2.45) is 0 Å². The molecule has 1 aliphatic rings. The molecule has 0 spiro atoms. The maximum Gasteiger partial charge on any atom is 0.336 e. The Hall–Kier alpha value is -3.25. The van der Waals surface area contributed by atoms with Gasteiger partial charge in [-0.1, -0.05) is 5.92 Å². The molecule has 0 aromatic carbocycles. The number of nitrogens with one attached hydrogen (secondary N) is 1. The van der Waals surface area contributed by atoms with Crippen LogP contribution >= 0.6 is 0 Å². The van der Waals surface area contributed by atoms with Crippen LogP contribution in [0.2, 0.25) is 0 Å². The number of furan rings is 1. The third kappa shape index (κ3) is 2.94. The summed E-state index contributed by atoms with van der Waals surface area (Å²) in [6.45, 7) is 5.24. The highest BCUT2D eigenvalue weighted by molar-refractivity contribution is 5.86. The van der Waals surface area contributed by atoms with E-state index in [4.69, 9.17) is 9.15 Å². The number of nitrogens with zero attached hydrogens (tertiary/aromatic N) is 5. The van der Waals surface area contributed by atoms with Gasteiger partial charge in [-0.05, 0) is 6.92 Å². The van der Waals surface area contributed by atoms with E-state index in [1.807, 2.05) is 0 Å². The van der Waals surface area contributed by atoms with Gasteiger partial charge in [0, 0.05) is 32.2 Å². The van der Waals surface area contributed by atoms with E-state index in [-0.39, 0.29) is 18.2 Å². The molecule has 4 rings (SSSR count). The molecule has 0 saturated carbocycles. The zero-order chi connectivity index (χ0) is 18.8. The minimum atomic E-state index is -0.243. The lowest BCUT2D eigenvalue weighted by Gasteiger charge is -2.29. The first-order valence-corrected chi connectivity index (χ1v) is 8.69. The highest BCUT2D eigenvalue weighted by Gasteiger charge is 2.25. The van der Waals surface area contributed by atoms with E-state index >= 15 is 0 Å². The zero-order valence-electron chi connectivity index (χ0n) is 15.2. The molecule has 0 unspecified atom stereocenters. The van der Waals surface area contributed by atoms with Crippen molar-refractivity contribution in [2.45, 2.75) is 13.5 Å². The fourth-order valence-corrected chi connectivity index (χ4v) is 3.23. The predicted octanol–water partition coefficient (Wildman–Crippen LogP) is 0.617. The molecule has 9 heteroatoms. The van der Waals surface area contributed by atoms with Crippen LogP contribution in [0.5, 0.6) is 6.01 Å². The molecule has 0 bridgehead atoms. The summed E-state index contributed by atoms with van der Waals surface area (Å²) in [4.78, 5) is 24.4. The van der Waals surface area contributed by atoms with Crippen molar-refractivity contribution in [3.05, 3.63) is 29.1 Å². The number of piperazine rings is 1. The van der Waals surface area contributed by atoms with Crippen molar-refractivity contribution >= 4 is 17.0 Å². The second-order valence-electron chi connectivity index (χ2n) is 6.06. The summed E-state index contributed by atoms with van der Waals surface area (Å²) in [5, 5.41) is 3.32. The molecule has 0 aliphatic carbocycles. The molecule has 140 valence electrons. The molecule has 4 heterocycles. The molecule has 1 fully saturated rings. The lowest BCUT2D eigenvalue weighted by Crippen LogP contribution is -2.44. The Balaban J connectivity index is 2.05. The monoisotopic (exact) mass is 368 g/mol. The lowest BCUT2D eigenvalue weighted by molar-refractivity contribution is 0.381. The first-order valence-electron chi connectivity index (χ1n) is 8.69. The smallest absolute Gasteiger partial charge is 0.336 e. The number of ether oxygens (including phenoxy) is 1. The fourth-order valence-electron chi connectivity index (χ4n) is 3.23. The van der Waals surface area contributed by atoms with Crippen LogP contribution in [0.3, 0.4) is 0 Å². The number of hydrogen-bond acceptors (Lipinski definition) is 7. The Morgan fingerprint density at radius 3 is 2.81 bits per heavy atom. The average Bonchev–Trinajstić information content (AvgIpc) is 3.32. The minimum absolute atomic E-state index is 0.215. The molecule has 0 amide bonds. The van der Waals surface area contributed by atoms with Gasteiger partial charge in [0.05, 0.1) is 25.6 Å². The topological polar surface area (TPSA) is 90.3 Å². The SMILES string of the molecule is CC#CCn1c(=O)n(-c2ccoc2)c2nc(OC)nc(N3CCNCC3)c21. The van der Waals surface area contributed by atoms with Gasteiger partial charge in [0.25, 0.3) is 0 Å². The molecule has 0 atom stereocenters. The number of imidazole rings is 1. The van der Waals surface area contributed by atoms with Crippen molar-refractivity contribution in [2.75, 3.05) is 38.2 Å². The Labute approximate surface area is 155 Å². The van der Waals surface area contributed by atoms with Gasteiger partial charge in [-0.3, -0.25) is 4.57 Å². The van der Waals surface area contributed by atoms with E-state index in [9.17, 15) is 4.79 Å². The summed E-state index contributed by atoms with van der Waals surface area (Å²) in [7, 11) is 1.52. The summed E-state index contributed by atoms with van der Waals surface area (Å²) in [6, 6.07) is 1.93. The number of hydrogen-bond donors (Lipinski definition) is 1. The summed E-state index contributed by atoms with van der Waals surface area (Å²) in [6.07, 6.45) is 3.03. The molecule has 1 aliphatic heterocycles. The first-order chi connectivity index (χ1) is 13.2. The van der Waals surface area contributed by atoms with Crippen LogP contribution in [0.1, 0.15) is 6.92 Å². The zero-order valence-corrected chi connectivity index (χ0v) is 15.2. The molecular formula is C18H20N6O3. The van der Waals surface area contributed by atoms with E-state index in [2.05, 4.69) is 32.0 Å². The van der Waals surface area contributed by atoms with E-state index in [1.165, 1.54) is 24.2 Å². The standard InChI is InChI=1S/C18H20N6O3/c1-3-4-8-23-14-15(22-9-6-19-7-10-22)20-17(26-2)21-16(14)24(18(23)25)13-5-11-27-12-13/h5,11-12,19H,6-10H2,1-2H3. The summed E-state index contributed by atoms with van der Waals surface area (Å²) >= 11 is 0. The van der Waals surface area contributed by atoms with Gasteiger partial charge in [0.1, 0.15) is 11.8 Å². The molecule has 1 saturated heterocycles. The van der Waals surface area contributed by atoms with Crippen molar-refractivity contribution in [1.29, 1.82) is 0 Å². The molecule has 3 aromatic rings. The molecule has 0 radical (unpaired) electrons. The van der Waals surface area contributed by atoms with Crippen LogP contribution in [-0.2, 0) is 6.54 Å². The molecule has 1 N–H and O–H groups in total. The number of aromatic nitrogens is 4. The van der Waals surface area contributed by atoms with Gasteiger partial charge < -0.3 is 19.4 Å². The Kier molecular flexibility index (Phi) is 4.56. The lowest BCUT2D eigenvalue weighted by atomic mass is 10.3. The van der Waals surface area contributed by atoms with Crippen LogP contribution < -0.4 is 20.6 Å². The van der Waals surface area contributed by atoms with Crippen LogP contribution in [0.25, 0.3) is 16.9 Å². The Bertz CT molecular complexity index is 1060. The predicted molar refractivity (Wildman–Crippen MR) is 100 cm³/mol. The van der Waals surface area contributed by atoms with Gasteiger partial charge in [-0.15, -0.1) is 5.92 Å². The van der Waals surface area contributed by atoms with Gasteiger partial charge in [0.15, 0.2) is 11.5 Å². The molecule has 3 aromatic heterocycles. The normalized spacial score (nSPS) is 14.2. The molecule has 27 heavy (non-hydrogen) atoms. The number of rotatable bonds is 4. The summed E-state index contributed by atoms with van der Waals surface area (Å²) in [5.41, 5.74) is 1.47. The van der Waals surface area contributed by atoms with E-state index < -0.39 is 0 Å². The van der Waals surface area contributed by atoms with Crippen molar-refractivity contribution in [3.8, 4) is 23.5 Å². The molecule has 9 nitrogen and oxygen atoms in total.